The maximum atomic E-state index is 11.9. The van der Waals surface area contributed by atoms with E-state index in [-0.39, 0.29) is 11.9 Å². The van der Waals surface area contributed by atoms with Gasteiger partial charge in [-0.15, -0.1) is 0 Å². The van der Waals surface area contributed by atoms with E-state index in [0.29, 0.717) is 31.2 Å². The highest BCUT2D eigenvalue weighted by atomic mass is 16.5. The first-order valence-corrected chi connectivity index (χ1v) is 8.60. The maximum absolute atomic E-state index is 11.9. The van der Waals surface area contributed by atoms with Crippen LogP contribution in [-0.4, -0.2) is 27.0 Å². The number of nitrogens with two attached hydrogens (primary N) is 1. The van der Waals surface area contributed by atoms with Crippen LogP contribution in [0.4, 0.5) is 0 Å². The first-order chi connectivity index (χ1) is 12.6. The molecule has 2 aromatic carbocycles. The van der Waals surface area contributed by atoms with Crippen molar-refractivity contribution in [3.63, 3.8) is 0 Å². The molecule has 1 aliphatic rings. The summed E-state index contributed by atoms with van der Waals surface area (Å²) >= 11 is 0. The van der Waals surface area contributed by atoms with E-state index in [0.717, 1.165) is 11.1 Å². The van der Waals surface area contributed by atoms with Gasteiger partial charge in [-0.1, -0.05) is 53.2 Å². The van der Waals surface area contributed by atoms with E-state index in [1.54, 1.807) is 0 Å². The molecule has 1 atom stereocenters. The molecule has 0 radical (unpaired) electrons. The van der Waals surface area contributed by atoms with Gasteiger partial charge in [0.25, 0.3) is 0 Å². The number of rotatable bonds is 4. The van der Waals surface area contributed by atoms with Gasteiger partial charge in [-0.05, 0) is 30.5 Å². The molecule has 0 saturated heterocycles. The van der Waals surface area contributed by atoms with Gasteiger partial charge in [-0.2, -0.15) is 4.98 Å². The molecule has 0 unspecified atom stereocenters. The van der Waals surface area contributed by atoms with Gasteiger partial charge in [0.1, 0.15) is 0 Å². The Hall–Kier alpha value is -2.99. The fourth-order valence-electron chi connectivity index (χ4n) is 3.42. The summed E-state index contributed by atoms with van der Waals surface area (Å²) in [5.41, 5.74) is 10.0. The molecule has 0 saturated carbocycles. The number of nitrogens with zero attached hydrogens (tertiary/aromatic N) is 3. The second-order valence-electron chi connectivity index (χ2n) is 6.68. The Morgan fingerprint density at radius 2 is 2.04 bits per heavy atom. The maximum Gasteiger partial charge on any atom is 0.241 e. The van der Waals surface area contributed by atoms with E-state index in [1.807, 2.05) is 54.3 Å². The number of aromatic nitrogens is 2. The summed E-state index contributed by atoms with van der Waals surface area (Å²) in [6.07, 6.45) is 0.602. The average Bonchev–Trinajstić information content (AvgIpc) is 3.09. The molecule has 3 aromatic rings. The molecule has 0 spiro atoms. The van der Waals surface area contributed by atoms with Gasteiger partial charge in [0.05, 0.1) is 12.6 Å². The van der Waals surface area contributed by atoms with E-state index in [1.165, 1.54) is 11.1 Å². The van der Waals surface area contributed by atoms with Crippen molar-refractivity contribution in [3.8, 4) is 11.4 Å². The van der Waals surface area contributed by atoms with Crippen LogP contribution in [0.3, 0.4) is 0 Å². The van der Waals surface area contributed by atoms with Crippen LogP contribution in [-0.2, 0) is 24.3 Å². The Morgan fingerprint density at radius 3 is 2.81 bits per heavy atom. The highest BCUT2D eigenvalue weighted by molar-refractivity contribution is 5.80. The predicted octanol–water partition coefficient (Wildman–Crippen LogP) is 2.46. The lowest BCUT2D eigenvalue weighted by Crippen LogP contribution is -2.48. The van der Waals surface area contributed by atoms with E-state index in [9.17, 15) is 4.79 Å². The quantitative estimate of drug-likeness (QED) is 0.783. The van der Waals surface area contributed by atoms with Gasteiger partial charge in [-0.3, -0.25) is 9.69 Å². The molecular weight excluding hydrogens is 328 g/mol. The summed E-state index contributed by atoms with van der Waals surface area (Å²) in [5.74, 6) is 0.696. The molecule has 2 heterocycles. The zero-order valence-corrected chi connectivity index (χ0v) is 14.6. The van der Waals surface area contributed by atoms with Crippen LogP contribution in [0.2, 0.25) is 0 Å². The Kier molecular flexibility index (Phi) is 4.26. The molecule has 6 heteroatoms. The molecule has 1 aromatic heterocycles. The molecule has 2 N–H and O–H groups in total. The number of benzene rings is 2. The number of hydrogen-bond acceptors (Lipinski definition) is 5. The summed E-state index contributed by atoms with van der Waals surface area (Å²) in [6.45, 7) is 3.04. The molecule has 26 heavy (non-hydrogen) atoms. The van der Waals surface area contributed by atoms with E-state index in [2.05, 4.69) is 16.2 Å². The lowest BCUT2D eigenvalue weighted by Gasteiger charge is -2.33. The van der Waals surface area contributed by atoms with Gasteiger partial charge >= 0.3 is 0 Å². The summed E-state index contributed by atoms with van der Waals surface area (Å²) in [6, 6.07) is 15.7. The SMILES string of the molecule is Cc1cccc(-c2noc(CN3Cc4ccccc4C[C@@H]3C(N)=O)n2)c1. The summed E-state index contributed by atoms with van der Waals surface area (Å²) < 4.78 is 5.42. The molecular formula is C20H20N4O2. The van der Waals surface area contributed by atoms with Gasteiger partial charge in [-0.25, -0.2) is 0 Å². The van der Waals surface area contributed by atoms with Crippen LogP contribution in [0, 0.1) is 6.92 Å². The Morgan fingerprint density at radius 1 is 1.23 bits per heavy atom. The average molecular weight is 348 g/mol. The molecule has 1 amide bonds. The number of amides is 1. The fourth-order valence-corrected chi connectivity index (χ4v) is 3.42. The minimum atomic E-state index is -0.376. The van der Waals surface area contributed by atoms with Crippen molar-refractivity contribution in [3.05, 3.63) is 71.1 Å². The van der Waals surface area contributed by atoms with Gasteiger partial charge in [0, 0.05) is 12.1 Å². The van der Waals surface area contributed by atoms with Crippen molar-refractivity contribution in [2.24, 2.45) is 5.73 Å². The third kappa shape index (κ3) is 3.23. The van der Waals surface area contributed by atoms with Crippen molar-refractivity contribution in [1.29, 1.82) is 0 Å². The summed E-state index contributed by atoms with van der Waals surface area (Å²) in [5, 5.41) is 4.08. The van der Waals surface area contributed by atoms with Gasteiger partial charge in [0.2, 0.25) is 17.6 Å². The van der Waals surface area contributed by atoms with Gasteiger partial charge in [0.15, 0.2) is 0 Å². The van der Waals surface area contributed by atoms with Crippen LogP contribution in [0.5, 0.6) is 0 Å². The molecule has 0 aliphatic carbocycles. The Bertz CT molecular complexity index is 950. The first-order valence-electron chi connectivity index (χ1n) is 8.60. The normalized spacial score (nSPS) is 17.0. The lowest BCUT2D eigenvalue weighted by molar-refractivity contribution is -0.124. The molecule has 4 rings (SSSR count). The Balaban J connectivity index is 1.57. The minimum Gasteiger partial charge on any atom is -0.368 e. The lowest BCUT2D eigenvalue weighted by atomic mass is 9.93. The summed E-state index contributed by atoms with van der Waals surface area (Å²) in [7, 11) is 0. The molecule has 0 fully saturated rings. The molecule has 6 nitrogen and oxygen atoms in total. The van der Waals surface area contributed by atoms with Crippen molar-refractivity contribution in [2.45, 2.75) is 32.5 Å². The van der Waals surface area contributed by atoms with Crippen molar-refractivity contribution < 1.29 is 9.32 Å². The first kappa shape index (κ1) is 16.5. The third-order valence-electron chi connectivity index (χ3n) is 4.76. The smallest absolute Gasteiger partial charge is 0.241 e. The number of fused-ring (bicyclic) bond motifs is 1. The highest BCUT2D eigenvalue weighted by Gasteiger charge is 2.31. The Labute approximate surface area is 151 Å². The van der Waals surface area contributed by atoms with Crippen molar-refractivity contribution in [1.82, 2.24) is 15.0 Å². The van der Waals surface area contributed by atoms with Crippen LogP contribution in [0.25, 0.3) is 11.4 Å². The van der Waals surface area contributed by atoms with Crippen molar-refractivity contribution >= 4 is 5.91 Å². The molecule has 1 aliphatic heterocycles. The predicted molar refractivity (Wildman–Crippen MR) is 96.8 cm³/mol. The van der Waals surface area contributed by atoms with Crippen LogP contribution in [0.1, 0.15) is 22.6 Å². The topological polar surface area (TPSA) is 85.3 Å². The second kappa shape index (κ2) is 6.72. The van der Waals surface area contributed by atoms with E-state index in [4.69, 9.17) is 10.3 Å². The number of carbonyl (C=O) groups is 1. The van der Waals surface area contributed by atoms with Crippen molar-refractivity contribution in [2.75, 3.05) is 0 Å². The third-order valence-corrected chi connectivity index (χ3v) is 4.76. The number of carbonyl (C=O) groups excluding carboxylic acids is 1. The number of hydrogen-bond donors (Lipinski definition) is 1. The van der Waals surface area contributed by atoms with Crippen LogP contribution >= 0.6 is 0 Å². The van der Waals surface area contributed by atoms with Gasteiger partial charge < -0.3 is 10.3 Å². The standard InChI is InChI=1S/C20H20N4O2/c1-13-5-4-8-15(9-13)20-22-18(26-23-20)12-24-11-16-7-3-2-6-14(16)10-17(24)19(21)25/h2-9,17H,10-12H2,1H3,(H2,21,25)/t17-/m1/s1. The molecule has 0 bridgehead atoms. The number of aryl methyl sites for hydroxylation is 1. The van der Waals surface area contributed by atoms with E-state index >= 15 is 0 Å². The minimum absolute atomic E-state index is 0.335. The highest BCUT2D eigenvalue weighted by Crippen LogP contribution is 2.25. The zero-order chi connectivity index (χ0) is 18.1. The van der Waals surface area contributed by atoms with E-state index < -0.39 is 0 Å². The fraction of sp³-hybridized carbons (Fsp3) is 0.250. The number of primary amides is 1. The zero-order valence-electron chi connectivity index (χ0n) is 14.6. The monoisotopic (exact) mass is 348 g/mol. The van der Waals surface area contributed by atoms with Crippen LogP contribution in [0.15, 0.2) is 53.1 Å². The summed E-state index contributed by atoms with van der Waals surface area (Å²) in [4.78, 5) is 18.4. The van der Waals surface area contributed by atoms with Crippen LogP contribution < -0.4 is 5.73 Å². The largest absolute Gasteiger partial charge is 0.368 e. The molecule has 132 valence electrons. The second-order valence-corrected chi connectivity index (χ2v) is 6.68.